The molecule has 2 aromatic heterocycles. The normalized spacial score (nSPS) is 12.3. The Balaban J connectivity index is 1.68. The van der Waals surface area contributed by atoms with E-state index in [9.17, 15) is 4.79 Å². The maximum atomic E-state index is 12.1. The number of aryl methyl sites for hydroxylation is 2. The molecule has 2 rings (SSSR count). The summed E-state index contributed by atoms with van der Waals surface area (Å²) in [5.74, 6) is 0.106. The van der Waals surface area contributed by atoms with Crippen LogP contribution in [0.3, 0.4) is 0 Å². The fourth-order valence-electron chi connectivity index (χ4n) is 2.08. The number of hydrogen-bond acceptors (Lipinski definition) is 6. The van der Waals surface area contributed by atoms with Crippen molar-refractivity contribution in [2.24, 2.45) is 0 Å². The highest BCUT2D eigenvalue weighted by Gasteiger charge is 2.13. The Morgan fingerprint density at radius 3 is 3.00 bits per heavy atom. The molecule has 0 spiro atoms. The summed E-state index contributed by atoms with van der Waals surface area (Å²) in [6, 6.07) is 0.213. The van der Waals surface area contributed by atoms with Crippen LogP contribution in [-0.4, -0.2) is 50.4 Å². The Bertz CT molecular complexity index is 582. The number of hydrogen-bond donors (Lipinski definition) is 1. The summed E-state index contributed by atoms with van der Waals surface area (Å²) in [5.41, 5.74) is 1.05. The number of thiazole rings is 1. The second-order valence-electron chi connectivity index (χ2n) is 5.35. The van der Waals surface area contributed by atoms with Crippen LogP contribution < -0.4 is 5.32 Å². The van der Waals surface area contributed by atoms with Gasteiger partial charge in [-0.3, -0.25) is 9.48 Å². The van der Waals surface area contributed by atoms with Gasteiger partial charge in [-0.25, -0.2) is 4.98 Å². The Morgan fingerprint density at radius 2 is 2.36 bits per heavy atom. The average molecular weight is 322 g/mol. The molecule has 0 aliphatic carbocycles. The zero-order valence-electron chi connectivity index (χ0n) is 13.2. The second-order valence-corrected chi connectivity index (χ2v) is 6.30. The van der Waals surface area contributed by atoms with Crippen LogP contribution in [0.1, 0.15) is 24.0 Å². The fourth-order valence-corrected chi connectivity index (χ4v) is 2.80. The van der Waals surface area contributed by atoms with E-state index in [-0.39, 0.29) is 11.9 Å². The molecular formula is C14H22N6OS. The van der Waals surface area contributed by atoms with Crippen molar-refractivity contribution >= 4 is 17.2 Å². The number of amides is 1. The van der Waals surface area contributed by atoms with Gasteiger partial charge in [0.2, 0.25) is 5.91 Å². The standard InChI is InChI=1S/C14H22N6OS/c1-11(15-8-13-17-12(2)10-22-13)9-19(3)14(21)4-6-20-7-5-16-18-20/h5,7,10-11,15H,4,6,8-9H2,1-3H3. The van der Waals surface area contributed by atoms with Gasteiger partial charge in [0.1, 0.15) is 5.01 Å². The molecular weight excluding hydrogens is 300 g/mol. The summed E-state index contributed by atoms with van der Waals surface area (Å²) >= 11 is 1.65. The lowest BCUT2D eigenvalue weighted by Gasteiger charge is -2.22. The number of nitrogens with one attached hydrogen (secondary N) is 1. The minimum atomic E-state index is 0.106. The summed E-state index contributed by atoms with van der Waals surface area (Å²) in [5, 5.41) is 14.1. The van der Waals surface area contributed by atoms with Gasteiger partial charge < -0.3 is 10.2 Å². The van der Waals surface area contributed by atoms with Gasteiger partial charge >= 0.3 is 0 Å². The van der Waals surface area contributed by atoms with Crippen LogP contribution in [0.5, 0.6) is 0 Å². The second kappa shape index (κ2) is 8.00. The van der Waals surface area contributed by atoms with Crippen LogP contribution in [0.2, 0.25) is 0 Å². The maximum absolute atomic E-state index is 12.1. The third-order valence-electron chi connectivity index (χ3n) is 3.27. The van der Waals surface area contributed by atoms with Crippen molar-refractivity contribution in [2.45, 2.75) is 39.4 Å². The minimum Gasteiger partial charge on any atom is -0.344 e. The van der Waals surface area contributed by atoms with E-state index in [0.29, 0.717) is 19.5 Å². The molecule has 1 N–H and O–H groups in total. The van der Waals surface area contributed by atoms with Gasteiger partial charge in [0.15, 0.2) is 0 Å². The van der Waals surface area contributed by atoms with Gasteiger partial charge in [0.05, 0.1) is 12.7 Å². The predicted octanol–water partition coefficient (Wildman–Crippen LogP) is 1.07. The first-order valence-corrected chi connectivity index (χ1v) is 8.15. The van der Waals surface area contributed by atoms with E-state index >= 15 is 0 Å². The molecule has 0 bridgehead atoms. The third kappa shape index (κ3) is 5.19. The lowest BCUT2D eigenvalue weighted by molar-refractivity contribution is -0.130. The van der Waals surface area contributed by atoms with Gasteiger partial charge in [-0.15, -0.1) is 16.4 Å². The van der Waals surface area contributed by atoms with E-state index in [1.807, 2.05) is 19.4 Å². The highest BCUT2D eigenvalue weighted by molar-refractivity contribution is 7.09. The summed E-state index contributed by atoms with van der Waals surface area (Å²) < 4.78 is 1.66. The molecule has 0 radical (unpaired) electrons. The molecule has 120 valence electrons. The Labute approximate surface area is 134 Å². The monoisotopic (exact) mass is 322 g/mol. The Hall–Kier alpha value is -1.80. The van der Waals surface area contributed by atoms with Crippen LogP contribution in [-0.2, 0) is 17.9 Å². The molecule has 0 fully saturated rings. The minimum absolute atomic E-state index is 0.106. The highest BCUT2D eigenvalue weighted by atomic mass is 32.1. The van der Waals surface area contributed by atoms with Gasteiger partial charge in [-0.05, 0) is 13.8 Å². The van der Waals surface area contributed by atoms with Crippen LogP contribution in [0.25, 0.3) is 0 Å². The summed E-state index contributed by atoms with van der Waals surface area (Å²) in [6.45, 7) is 6.03. The lowest BCUT2D eigenvalue weighted by Crippen LogP contribution is -2.40. The number of aromatic nitrogens is 4. The van der Waals surface area contributed by atoms with Gasteiger partial charge in [0, 0.05) is 49.9 Å². The van der Waals surface area contributed by atoms with Crippen molar-refractivity contribution in [3.05, 3.63) is 28.5 Å². The maximum Gasteiger partial charge on any atom is 0.224 e. The van der Waals surface area contributed by atoms with Crippen LogP contribution in [0.15, 0.2) is 17.8 Å². The van der Waals surface area contributed by atoms with E-state index < -0.39 is 0 Å². The SMILES string of the molecule is Cc1csc(CNC(C)CN(C)C(=O)CCn2ccnn2)n1. The molecule has 22 heavy (non-hydrogen) atoms. The quantitative estimate of drug-likeness (QED) is 0.787. The Kier molecular flexibility index (Phi) is 6.02. The Morgan fingerprint density at radius 1 is 1.55 bits per heavy atom. The molecule has 1 atom stereocenters. The smallest absolute Gasteiger partial charge is 0.224 e. The van der Waals surface area contributed by atoms with E-state index in [4.69, 9.17) is 0 Å². The zero-order valence-corrected chi connectivity index (χ0v) is 14.0. The number of carbonyl (C=O) groups excluding carboxylic acids is 1. The van der Waals surface area contributed by atoms with Gasteiger partial charge in [-0.1, -0.05) is 5.21 Å². The van der Waals surface area contributed by atoms with Crippen molar-refractivity contribution < 1.29 is 4.79 Å². The molecule has 0 saturated heterocycles. The first-order valence-electron chi connectivity index (χ1n) is 7.27. The molecule has 0 aliphatic rings. The summed E-state index contributed by atoms with van der Waals surface area (Å²) in [7, 11) is 1.83. The molecule has 2 heterocycles. The molecule has 1 unspecified atom stereocenters. The van der Waals surface area contributed by atoms with Gasteiger partial charge in [0.25, 0.3) is 0 Å². The molecule has 1 amide bonds. The van der Waals surface area contributed by atoms with Crippen molar-refractivity contribution in [3.63, 3.8) is 0 Å². The highest BCUT2D eigenvalue weighted by Crippen LogP contribution is 2.08. The van der Waals surface area contributed by atoms with E-state index in [1.165, 1.54) is 0 Å². The van der Waals surface area contributed by atoms with Crippen LogP contribution >= 0.6 is 11.3 Å². The molecule has 0 saturated carbocycles. The fraction of sp³-hybridized carbons (Fsp3) is 0.571. The summed E-state index contributed by atoms with van der Waals surface area (Å²) in [6.07, 6.45) is 3.80. The van der Waals surface area contributed by atoms with Crippen LogP contribution in [0.4, 0.5) is 0 Å². The van der Waals surface area contributed by atoms with Crippen molar-refractivity contribution in [2.75, 3.05) is 13.6 Å². The topological polar surface area (TPSA) is 75.9 Å². The number of rotatable bonds is 8. The first-order chi connectivity index (χ1) is 10.5. The molecule has 0 aromatic carbocycles. The average Bonchev–Trinajstić information content (AvgIpc) is 3.14. The number of carbonyl (C=O) groups is 1. The van der Waals surface area contributed by atoms with E-state index in [1.54, 1.807) is 33.3 Å². The van der Waals surface area contributed by atoms with E-state index in [0.717, 1.165) is 17.2 Å². The van der Waals surface area contributed by atoms with Crippen molar-refractivity contribution in [1.82, 2.24) is 30.2 Å². The lowest BCUT2D eigenvalue weighted by atomic mass is 10.3. The van der Waals surface area contributed by atoms with Crippen LogP contribution in [0, 0.1) is 6.92 Å². The largest absolute Gasteiger partial charge is 0.344 e. The summed E-state index contributed by atoms with van der Waals surface area (Å²) in [4.78, 5) is 18.2. The first kappa shape index (κ1) is 16.6. The predicted molar refractivity (Wildman–Crippen MR) is 85.4 cm³/mol. The van der Waals surface area contributed by atoms with Crippen molar-refractivity contribution in [3.8, 4) is 0 Å². The molecule has 2 aromatic rings. The van der Waals surface area contributed by atoms with Crippen molar-refractivity contribution in [1.29, 1.82) is 0 Å². The number of nitrogens with zero attached hydrogens (tertiary/aromatic N) is 5. The van der Waals surface area contributed by atoms with E-state index in [2.05, 4.69) is 27.5 Å². The zero-order chi connectivity index (χ0) is 15.9. The van der Waals surface area contributed by atoms with Gasteiger partial charge in [-0.2, -0.15) is 0 Å². The number of likely N-dealkylation sites (N-methyl/N-ethyl adjacent to an activating group) is 1. The third-order valence-corrected chi connectivity index (χ3v) is 4.24. The molecule has 7 nitrogen and oxygen atoms in total. The molecule has 0 aliphatic heterocycles. The molecule has 8 heteroatoms.